The van der Waals surface area contributed by atoms with Crippen LogP contribution < -0.4 is 5.32 Å². The molecule has 102 valence electrons. The number of halogens is 1. The van der Waals surface area contributed by atoms with E-state index in [4.69, 9.17) is 9.52 Å². The van der Waals surface area contributed by atoms with Gasteiger partial charge in [-0.15, -0.1) is 0 Å². The Morgan fingerprint density at radius 3 is 2.40 bits per heavy atom. The maximum atomic E-state index is 11.9. The summed E-state index contributed by atoms with van der Waals surface area (Å²) in [4.78, 5) is 23.1. The molecular weight excluding hydrogens is 373 g/mol. The van der Waals surface area contributed by atoms with Gasteiger partial charge in [0.1, 0.15) is 11.5 Å². The molecule has 0 aliphatic heterocycles. The van der Waals surface area contributed by atoms with Gasteiger partial charge in [-0.2, -0.15) is 0 Å². The number of aliphatic carboxylic acids is 1. The number of amides is 1. The highest BCUT2D eigenvalue weighted by atomic mass is 127. The fraction of sp³-hybridized carbons (Fsp3) is 0. The van der Waals surface area contributed by atoms with Crippen LogP contribution in [0.5, 0.6) is 0 Å². The first-order chi connectivity index (χ1) is 9.56. The largest absolute Gasteiger partial charge is 0.477 e. The van der Waals surface area contributed by atoms with Crippen LogP contribution in [0.4, 0.5) is 0 Å². The van der Waals surface area contributed by atoms with Crippen molar-refractivity contribution < 1.29 is 19.1 Å². The zero-order valence-electron chi connectivity index (χ0n) is 10.2. The minimum Gasteiger partial charge on any atom is -0.477 e. The van der Waals surface area contributed by atoms with Gasteiger partial charge in [0.2, 0.25) is 0 Å². The molecule has 0 fully saturated rings. The number of rotatable bonds is 4. The van der Waals surface area contributed by atoms with E-state index >= 15 is 0 Å². The van der Waals surface area contributed by atoms with Gasteiger partial charge in [0.25, 0.3) is 5.91 Å². The third-order valence-electron chi connectivity index (χ3n) is 2.40. The highest BCUT2D eigenvalue weighted by molar-refractivity contribution is 14.1. The van der Waals surface area contributed by atoms with Crippen LogP contribution in [0.25, 0.3) is 6.08 Å². The highest BCUT2D eigenvalue weighted by Gasteiger charge is 2.13. The summed E-state index contributed by atoms with van der Waals surface area (Å²) in [5, 5.41) is 11.5. The molecule has 0 aliphatic carbocycles. The molecule has 1 amide bonds. The van der Waals surface area contributed by atoms with Gasteiger partial charge in [-0.25, -0.2) is 4.79 Å². The number of carboxylic acid groups (broad SMARTS) is 1. The van der Waals surface area contributed by atoms with E-state index in [1.165, 1.54) is 6.08 Å². The predicted molar refractivity (Wildman–Crippen MR) is 80.9 cm³/mol. The van der Waals surface area contributed by atoms with Crippen LogP contribution in [-0.4, -0.2) is 17.0 Å². The van der Waals surface area contributed by atoms with Gasteiger partial charge in [-0.05, 0) is 46.9 Å². The topological polar surface area (TPSA) is 79.5 Å². The first-order valence-electron chi connectivity index (χ1n) is 5.63. The molecule has 0 saturated heterocycles. The van der Waals surface area contributed by atoms with Crippen molar-refractivity contribution in [3.8, 4) is 0 Å². The molecule has 0 aliphatic rings. The number of carbonyl (C=O) groups excluding carboxylic acids is 1. The average molecular weight is 383 g/mol. The summed E-state index contributed by atoms with van der Waals surface area (Å²) in [5.74, 6) is -1.36. The van der Waals surface area contributed by atoms with E-state index in [-0.39, 0.29) is 5.70 Å². The molecule has 0 bridgehead atoms. The summed E-state index contributed by atoms with van der Waals surface area (Å²) in [5.41, 5.74) is 0.137. The van der Waals surface area contributed by atoms with Crippen molar-refractivity contribution >= 4 is 40.5 Å². The summed E-state index contributed by atoms with van der Waals surface area (Å²) < 4.78 is 5.88. The van der Waals surface area contributed by atoms with Crippen LogP contribution in [0.1, 0.15) is 16.1 Å². The van der Waals surface area contributed by atoms with Gasteiger partial charge in [0, 0.05) is 11.6 Å². The summed E-state index contributed by atoms with van der Waals surface area (Å²) in [6, 6.07) is 11.7. The van der Waals surface area contributed by atoms with Crippen molar-refractivity contribution in [2.24, 2.45) is 0 Å². The molecule has 0 spiro atoms. The maximum Gasteiger partial charge on any atom is 0.352 e. The van der Waals surface area contributed by atoms with Gasteiger partial charge >= 0.3 is 5.97 Å². The van der Waals surface area contributed by atoms with Crippen LogP contribution in [-0.2, 0) is 4.79 Å². The third-order valence-corrected chi connectivity index (χ3v) is 2.97. The Balaban J connectivity index is 2.20. The molecule has 20 heavy (non-hydrogen) atoms. The van der Waals surface area contributed by atoms with Crippen LogP contribution in [0.2, 0.25) is 0 Å². The second-order valence-electron chi connectivity index (χ2n) is 3.83. The monoisotopic (exact) mass is 383 g/mol. The number of benzene rings is 1. The van der Waals surface area contributed by atoms with E-state index in [2.05, 4.69) is 5.32 Å². The molecule has 2 rings (SSSR count). The molecular formula is C14H10INO4. The molecule has 0 atom stereocenters. The summed E-state index contributed by atoms with van der Waals surface area (Å²) in [7, 11) is 0. The molecule has 0 saturated carbocycles. The first-order valence-corrected chi connectivity index (χ1v) is 6.71. The summed E-state index contributed by atoms with van der Waals surface area (Å²) in [6.45, 7) is 0. The Labute approximate surface area is 128 Å². The molecule has 0 unspecified atom stereocenters. The minimum atomic E-state index is -1.24. The number of furan rings is 1. The van der Waals surface area contributed by atoms with Crippen LogP contribution in [0, 0.1) is 3.77 Å². The molecule has 2 aromatic rings. The van der Waals surface area contributed by atoms with Crippen LogP contribution in [0.15, 0.2) is 52.6 Å². The molecule has 0 radical (unpaired) electrons. The van der Waals surface area contributed by atoms with Crippen LogP contribution >= 0.6 is 22.6 Å². The maximum absolute atomic E-state index is 11.9. The van der Waals surface area contributed by atoms with E-state index in [9.17, 15) is 9.59 Å². The van der Waals surface area contributed by atoms with Crippen molar-refractivity contribution in [2.75, 3.05) is 0 Å². The van der Waals surface area contributed by atoms with Gasteiger partial charge in [-0.1, -0.05) is 18.2 Å². The highest BCUT2D eigenvalue weighted by Crippen LogP contribution is 2.13. The lowest BCUT2D eigenvalue weighted by atomic mass is 10.2. The van der Waals surface area contributed by atoms with Crippen molar-refractivity contribution in [1.82, 2.24) is 5.32 Å². The Bertz CT molecular complexity index is 661. The van der Waals surface area contributed by atoms with Gasteiger partial charge in [0.15, 0.2) is 3.77 Å². The normalized spacial score (nSPS) is 11.2. The lowest BCUT2D eigenvalue weighted by Gasteiger charge is -2.05. The zero-order chi connectivity index (χ0) is 14.5. The Morgan fingerprint density at radius 1 is 1.15 bits per heavy atom. The van der Waals surface area contributed by atoms with Gasteiger partial charge < -0.3 is 14.8 Å². The number of carbonyl (C=O) groups is 2. The lowest BCUT2D eigenvalue weighted by molar-refractivity contribution is -0.132. The summed E-state index contributed by atoms with van der Waals surface area (Å²) in [6.07, 6.45) is 1.27. The molecule has 6 heteroatoms. The van der Waals surface area contributed by atoms with E-state index in [1.54, 1.807) is 42.5 Å². The molecule has 1 heterocycles. The fourth-order valence-electron chi connectivity index (χ4n) is 1.48. The van der Waals surface area contributed by atoms with E-state index in [0.717, 1.165) is 0 Å². The fourth-order valence-corrected chi connectivity index (χ4v) is 1.92. The summed E-state index contributed by atoms with van der Waals surface area (Å²) >= 11 is 1.97. The Morgan fingerprint density at radius 2 is 1.85 bits per heavy atom. The van der Waals surface area contributed by atoms with Crippen LogP contribution in [0.3, 0.4) is 0 Å². The van der Waals surface area contributed by atoms with Gasteiger partial charge in [-0.3, -0.25) is 4.79 Å². The quantitative estimate of drug-likeness (QED) is 0.629. The van der Waals surface area contributed by atoms with E-state index in [1.807, 2.05) is 22.6 Å². The minimum absolute atomic E-state index is 0.246. The number of hydrogen-bond acceptors (Lipinski definition) is 3. The smallest absolute Gasteiger partial charge is 0.352 e. The Kier molecular flexibility index (Phi) is 4.57. The van der Waals surface area contributed by atoms with Crippen molar-refractivity contribution in [1.29, 1.82) is 0 Å². The lowest BCUT2D eigenvalue weighted by Crippen LogP contribution is -2.27. The predicted octanol–water partition coefficient (Wildman–Crippen LogP) is 2.74. The molecule has 1 aromatic carbocycles. The SMILES string of the molecule is O=C(O)/C(=C\c1ccc(I)o1)NC(=O)c1ccccc1. The molecule has 2 N–H and O–H groups in total. The Hall–Kier alpha value is -2.09. The molecule has 1 aromatic heterocycles. The average Bonchev–Trinajstić information content (AvgIpc) is 2.84. The van der Waals surface area contributed by atoms with Crippen molar-refractivity contribution in [2.45, 2.75) is 0 Å². The standard InChI is InChI=1S/C14H10INO4/c15-12-7-6-10(20-12)8-11(14(18)19)16-13(17)9-4-2-1-3-5-9/h1-8H,(H,16,17)(H,18,19)/b11-8+. The zero-order valence-corrected chi connectivity index (χ0v) is 12.3. The number of hydrogen-bond donors (Lipinski definition) is 2. The first kappa shape index (κ1) is 14.3. The van der Waals surface area contributed by atoms with Gasteiger partial charge in [0.05, 0.1) is 0 Å². The van der Waals surface area contributed by atoms with Crippen molar-refractivity contribution in [3.05, 3.63) is 63.3 Å². The second kappa shape index (κ2) is 6.38. The second-order valence-corrected chi connectivity index (χ2v) is 4.89. The van der Waals surface area contributed by atoms with E-state index < -0.39 is 11.9 Å². The van der Waals surface area contributed by atoms with E-state index in [0.29, 0.717) is 15.1 Å². The number of carboxylic acids is 1. The third kappa shape index (κ3) is 3.70. The number of nitrogens with one attached hydrogen (secondary N) is 1. The van der Waals surface area contributed by atoms with Crippen molar-refractivity contribution in [3.63, 3.8) is 0 Å². The molecule has 5 nitrogen and oxygen atoms in total.